The Bertz CT molecular complexity index is 1400. The molecule has 2 amide bonds. The van der Waals surface area contributed by atoms with E-state index in [9.17, 15) is 18.0 Å². The Balaban J connectivity index is 2.07. The van der Waals surface area contributed by atoms with E-state index in [2.05, 4.69) is 5.32 Å². The lowest BCUT2D eigenvalue weighted by Gasteiger charge is -2.35. The van der Waals surface area contributed by atoms with E-state index in [1.54, 1.807) is 0 Å². The monoisotopic (exact) mass is 589 g/mol. The van der Waals surface area contributed by atoms with Crippen LogP contribution in [0.2, 0.25) is 10.0 Å². The van der Waals surface area contributed by atoms with Gasteiger partial charge in [-0.3, -0.25) is 13.9 Å². The minimum Gasteiger partial charge on any atom is -0.350 e. The van der Waals surface area contributed by atoms with Gasteiger partial charge in [-0.1, -0.05) is 83.9 Å². The fourth-order valence-corrected chi connectivity index (χ4v) is 5.49. The van der Waals surface area contributed by atoms with E-state index in [0.29, 0.717) is 5.02 Å². The number of rotatable bonds is 10. The van der Waals surface area contributed by atoms with Crippen LogP contribution >= 0.6 is 23.2 Å². The molecule has 0 aliphatic carbocycles. The number of nitrogens with zero attached hydrogens (tertiary/aromatic N) is 2. The quantitative estimate of drug-likeness (QED) is 0.347. The van der Waals surface area contributed by atoms with Crippen LogP contribution < -0.4 is 9.62 Å². The fourth-order valence-electron chi connectivity index (χ4n) is 4.07. The summed E-state index contributed by atoms with van der Waals surface area (Å²) in [6.07, 6.45) is 1.24. The summed E-state index contributed by atoms with van der Waals surface area (Å²) < 4.78 is 26.6. The van der Waals surface area contributed by atoms with Crippen LogP contribution in [0.25, 0.3) is 0 Å². The maximum atomic E-state index is 14.0. The van der Waals surface area contributed by atoms with E-state index >= 15 is 0 Å². The van der Waals surface area contributed by atoms with Crippen molar-refractivity contribution in [1.82, 2.24) is 10.2 Å². The van der Waals surface area contributed by atoms with Crippen molar-refractivity contribution in [2.75, 3.05) is 17.1 Å². The molecule has 1 N–H and O–H groups in total. The molecule has 7 nitrogen and oxygen atoms in total. The van der Waals surface area contributed by atoms with E-state index in [4.69, 9.17) is 23.2 Å². The number of carbonyl (C=O) groups excluding carboxylic acids is 2. The first-order valence-electron chi connectivity index (χ1n) is 12.4. The first-order valence-corrected chi connectivity index (χ1v) is 15.0. The summed E-state index contributed by atoms with van der Waals surface area (Å²) in [5, 5.41) is 3.41. The standard InChI is InChI=1S/C29H33Cl2N3O4S/c1-29(2,3)32-28(36)26(17-21-11-7-5-8-12-21)33(19-22-13-9-6-10-14-22)27(35)20-34(39(4,37)38)25-16-15-23(30)18-24(25)31/h5-16,18,26H,17,19-20H2,1-4H3,(H,32,36)/t26-/m0/s1. The van der Waals surface area contributed by atoms with Crippen molar-refractivity contribution in [1.29, 1.82) is 0 Å². The highest BCUT2D eigenvalue weighted by atomic mass is 35.5. The maximum Gasteiger partial charge on any atom is 0.244 e. The molecule has 3 aromatic rings. The third-order valence-electron chi connectivity index (χ3n) is 5.82. The Morgan fingerprint density at radius 3 is 1.97 bits per heavy atom. The lowest BCUT2D eigenvalue weighted by atomic mass is 10.0. The molecule has 10 heteroatoms. The molecule has 208 valence electrons. The highest BCUT2D eigenvalue weighted by Gasteiger charge is 2.34. The van der Waals surface area contributed by atoms with Gasteiger partial charge in [0.25, 0.3) is 0 Å². The van der Waals surface area contributed by atoms with E-state index in [1.165, 1.54) is 23.1 Å². The van der Waals surface area contributed by atoms with E-state index in [1.807, 2.05) is 81.4 Å². The molecular weight excluding hydrogens is 557 g/mol. The second-order valence-electron chi connectivity index (χ2n) is 10.3. The molecule has 3 aromatic carbocycles. The van der Waals surface area contributed by atoms with Crippen LogP contribution in [0.4, 0.5) is 5.69 Å². The molecule has 0 spiro atoms. The van der Waals surface area contributed by atoms with E-state index in [0.717, 1.165) is 21.7 Å². The van der Waals surface area contributed by atoms with Crippen LogP contribution in [0.3, 0.4) is 0 Å². The summed E-state index contributed by atoms with van der Waals surface area (Å²) >= 11 is 12.4. The van der Waals surface area contributed by atoms with Crippen molar-refractivity contribution >= 4 is 50.7 Å². The molecular formula is C29H33Cl2N3O4S. The van der Waals surface area contributed by atoms with Crippen molar-refractivity contribution in [2.45, 2.75) is 45.3 Å². The summed E-state index contributed by atoms with van der Waals surface area (Å²) in [5.74, 6) is -0.897. The van der Waals surface area contributed by atoms with Crippen molar-refractivity contribution in [3.63, 3.8) is 0 Å². The summed E-state index contributed by atoms with van der Waals surface area (Å²) in [4.78, 5) is 29.1. The molecule has 0 saturated heterocycles. The van der Waals surface area contributed by atoms with Gasteiger partial charge in [0.05, 0.1) is 17.0 Å². The van der Waals surface area contributed by atoms with Gasteiger partial charge in [-0.05, 0) is 50.1 Å². The largest absolute Gasteiger partial charge is 0.350 e. The first kappa shape index (κ1) is 30.5. The molecule has 0 bridgehead atoms. The molecule has 0 unspecified atom stereocenters. The van der Waals surface area contributed by atoms with Gasteiger partial charge in [0.15, 0.2) is 0 Å². The lowest BCUT2D eigenvalue weighted by molar-refractivity contribution is -0.140. The molecule has 0 aliphatic rings. The Kier molecular flexibility index (Phi) is 10.0. The van der Waals surface area contributed by atoms with Crippen molar-refractivity contribution in [3.05, 3.63) is 100 Å². The molecule has 0 aromatic heterocycles. The first-order chi connectivity index (χ1) is 18.2. The number of benzene rings is 3. The zero-order valence-electron chi connectivity index (χ0n) is 22.4. The van der Waals surface area contributed by atoms with Crippen LogP contribution in [0.15, 0.2) is 78.9 Å². The fraction of sp³-hybridized carbons (Fsp3) is 0.310. The smallest absolute Gasteiger partial charge is 0.244 e. The number of nitrogens with one attached hydrogen (secondary N) is 1. The van der Waals surface area contributed by atoms with Gasteiger partial charge in [-0.15, -0.1) is 0 Å². The molecule has 0 saturated carbocycles. The average Bonchev–Trinajstić information content (AvgIpc) is 2.84. The topological polar surface area (TPSA) is 86.8 Å². The predicted molar refractivity (Wildman–Crippen MR) is 157 cm³/mol. The van der Waals surface area contributed by atoms with E-state index in [-0.39, 0.29) is 29.6 Å². The summed E-state index contributed by atoms with van der Waals surface area (Å²) in [7, 11) is -3.93. The van der Waals surface area contributed by atoms with Crippen LogP contribution in [0, 0.1) is 0 Å². The van der Waals surface area contributed by atoms with Gasteiger partial charge >= 0.3 is 0 Å². The Hall–Kier alpha value is -3.07. The highest BCUT2D eigenvalue weighted by molar-refractivity contribution is 7.92. The molecule has 0 heterocycles. The van der Waals surface area contributed by atoms with Crippen molar-refractivity contribution < 1.29 is 18.0 Å². The summed E-state index contributed by atoms with van der Waals surface area (Å²) in [6.45, 7) is 5.13. The molecule has 39 heavy (non-hydrogen) atoms. The Morgan fingerprint density at radius 2 is 1.46 bits per heavy atom. The second-order valence-corrected chi connectivity index (χ2v) is 13.1. The number of hydrogen-bond acceptors (Lipinski definition) is 4. The van der Waals surface area contributed by atoms with Crippen molar-refractivity contribution in [3.8, 4) is 0 Å². The van der Waals surface area contributed by atoms with Gasteiger partial charge in [-0.2, -0.15) is 0 Å². The van der Waals surface area contributed by atoms with Gasteiger partial charge in [0.1, 0.15) is 12.6 Å². The lowest BCUT2D eigenvalue weighted by Crippen LogP contribution is -2.56. The number of sulfonamides is 1. The SMILES string of the molecule is CC(C)(C)NC(=O)[C@H](Cc1ccccc1)N(Cc1ccccc1)C(=O)CN(c1ccc(Cl)cc1Cl)S(C)(=O)=O. The zero-order chi connectivity index (χ0) is 28.8. The van der Waals surface area contributed by atoms with Gasteiger partial charge in [0, 0.05) is 23.5 Å². The van der Waals surface area contributed by atoms with Crippen molar-refractivity contribution in [2.24, 2.45) is 0 Å². The maximum absolute atomic E-state index is 14.0. The minimum atomic E-state index is -3.93. The van der Waals surface area contributed by atoms with Gasteiger partial charge < -0.3 is 10.2 Å². The number of amides is 2. The molecule has 1 atom stereocenters. The third kappa shape index (κ3) is 8.98. The molecule has 0 aliphatic heterocycles. The van der Waals surface area contributed by atoms with Gasteiger partial charge in [0.2, 0.25) is 21.8 Å². The molecule has 3 rings (SSSR count). The number of hydrogen-bond donors (Lipinski definition) is 1. The number of carbonyl (C=O) groups is 2. The normalized spacial score (nSPS) is 12.5. The van der Waals surface area contributed by atoms with Crippen LogP contribution in [0.5, 0.6) is 0 Å². The van der Waals surface area contributed by atoms with Crippen LogP contribution in [0.1, 0.15) is 31.9 Å². The third-order valence-corrected chi connectivity index (χ3v) is 7.49. The number of halogens is 2. The van der Waals surface area contributed by atoms with Crippen LogP contribution in [-0.4, -0.2) is 49.5 Å². The molecule has 0 radical (unpaired) electrons. The van der Waals surface area contributed by atoms with Crippen LogP contribution in [-0.2, 0) is 32.6 Å². The number of anilines is 1. The Morgan fingerprint density at radius 1 is 0.897 bits per heavy atom. The molecule has 0 fully saturated rings. The minimum absolute atomic E-state index is 0.0849. The highest BCUT2D eigenvalue weighted by Crippen LogP contribution is 2.30. The van der Waals surface area contributed by atoms with Gasteiger partial charge in [-0.25, -0.2) is 8.42 Å². The zero-order valence-corrected chi connectivity index (χ0v) is 24.7. The predicted octanol–water partition coefficient (Wildman–Crippen LogP) is 5.31. The summed E-state index contributed by atoms with van der Waals surface area (Å²) in [6, 6.07) is 22.1. The van der Waals surface area contributed by atoms with E-state index < -0.39 is 34.1 Å². The average molecular weight is 591 g/mol. The summed E-state index contributed by atoms with van der Waals surface area (Å²) in [5.41, 5.74) is 1.22. The Labute approximate surface area is 240 Å². The second kappa shape index (κ2) is 12.9.